The molecule has 0 spiro atoms. The molecule has 0 saturated carbocycles. The first-order chi connectivity index (χ1) is 6.36. The highest BCUT2D eigenvalue weighted by Gasteiger charge is 2.15. The standard InChI is InChI=1S/C9H12N2O2/c12-9-5-10-2-3-11(9)6-8-1-4-13-7-8/h2-3,5,8H,1,4,6-7H2. The Bertz CT molecular complexity index is 328. The second-order valence-corrected chi connectivity index (χ2v) is 3.30. The molecule has 0 amide bonds. The molecule has 0 aromatic carbocycles. The van der Waals surface area contributed by atoms with Crippen molar-refractivity contribution in [2.24, 2.45) is 5.92 Å². The molecule has 1 fully saturated rings. The van der Waals surface area contributed by atoms with Gasteiger partial charge in [-0.15, -0.1) is 0 Å². The van der Waals surface area contributed by atoms with Crippen molar-refractivity contribution >= 4 is 0 Å². The molecule has 2 rings (SSSR count). The lowest BCUT2D eigenvalue weighted by atomic mass is 10.1. The molecule has 1 aromatic heterocycles. The van der Waals surface area contributed by atoms with Gasteiger partial charge in [0.25, 0.3) is 5.56 Å². The van der Waals surface area contributed by atoms with Crippen molar-refractivity contribution in [1.29, 1.82) is 0 Å². The first kappa shape index (κ1) is 8.44. The van der Waals surface area contributed by atoms with Gasteiger partial charge in [-0.1, -0.05) is 0 Å². The molecule has 4 nitrogen and oxygen atoms in total. The Labute approximate surface area is 76.2 Å². The lowest BCUT2D eigenvalue weighted by molar-refractivity contribution is 0.182. The third kappa shape index (κ3) is 1.95. The highest BCUT2D eigenvalue weighted by molar-refractivity contribution is 4.81. The van der Waals surface area contributed by atoms with Crippen LogP contribution in [0.5, 0.6) is 0 Å². The lowest BCUT2D eigenvalue weighted by Gasteiger charge is -2.08. The Morgan fingerprint density at radius 2 is 2.62 bits per heavy atom. The second kappa shape index (κ2) is 3.70. The van der Waals surface area contributed by atoms with Gasteiger partial charge in [-0.05, 0) is 6.42 Å². The number of hydrogen-bond donors (Lipinski definition) is 0. The van der Waals surface area contributed by atoms with Gasteiger partial charge >= 0.3 is 0 Å². The van der Waals surface area contributed by atoms with Gasteiger partial charge in [-0.3, -0.25) is 9.78 Å². The van der Waals surface area contributed by atoms with Crippen LogP contribution in [0.3, 0.4) is 0 Å². The molecule has 1 aliphatic heterocycles. The fraction of sp³-hybridized carbons (Fsp3) is 0.556. The second-order valence-electron chi connectivity index (χ2n) is 3.30. The molecule has 4 heteroatoms. The molecular weight excluding hydrogens is 168 g/mol. The molecule has 1 aliphatic rings. The van der Waals surface area contributed by atoms with Crippen molar-refractivity contribution in [3.05, 3.63) is 28.9 Å². The summed E-state index contributed by atoms with van der Waals surface area (Å²) in [5.74, 6) is 0.486. The van der Waals surface area contributed by atoms with Gasteiger partial charge < -0.3 is 9.30 Å². The van der Waals surface area contributed by atoms with Crippen LogP contribution >= 0.6 is 0 Å². The van der Waals surface area contributed by atoms with Crippen LogP contribution in [0.1, 0.15) is 6.42 Å². The van der Waals surface area contributed by atoms with Gasteiger partial charge in [0.05, 0.1) is 12.8 Å². The van der Waals surface area contributed by atoms with E-state index in [0.29, 0.717) is 5.92 Å². The molecule has 0 bridgehead atoms. The van der Waals surface area contributed by atoms with E-state index in [1.807, 2.05) is 0 Å². The smallest absolute Gasteiger partial charge is 0.268 e. The summed E-state index contributed by atoms with van der Waals surface area (Å²) >= 11 is 0. The van der Waals surface area contributed by atoms with E-state index in [1.54, 1.807) is 17.0 Å². The Morgan fingerprint density at radius 3 is 3.31 bits per heavy atom. The quantitative estimate of drug-likeness (QED) is 0.656. The van der Waals surface area contributed by atoms with Gasteiger partial charge in [-0.2, -0.15) is 0 Å². The van der Waals surface area contributed by atoms with Gasteiger partial charge in [0, 0.05) is 31.5 Å². The zero-order valence-corrected chi connectivity index (χ0v) is 7.35. The number of ether oxygens (including phenoxy) is 1. The number of hydrogen-bond acceptors (Lipinski definition) is 3. The fourth-order valence-corrected chi connectivity index (χ4v) is 1.53. The van der Waals surface area contributed by atoms with Gasteiger partial charge in [0.15, 0.2) is 0 Å². The van der Waals surface area contributed by atoms with Gasteiger partial charge in [-0.25, -0.2) is 0 Å². The van der Waals surface area contributed by atoms with Crippen molar-refractivity contribution in [3.8, 4) is 0 Å². The van der Waals surface area contributed by atoms with Crippen LogP contribution < -0.4 is 5.56 Å². The molecule has 1 aromatic rings. The monoisotopic (exact) mass is 180 g/mol. The molecular formula is C9H12N2O2. The molecule has 1 unspecified atom stereocenters. The summed E-state index contributed by atoms with van der Waals surface area (Å²) in [7, 11) is 0. The summed E-state index contributed by atoms with van der Waals surface area (Å²) in [6.07, 6.45) is 5.75. The van der Waals surface area contributed by atoms with E-state index in [0.717, 1.165) is 26.2 Å². The van der Waals surface area contributed by atoms with Crippen LogP contribution in [-0.4, -0.2) is 22.8 Å². The number of nitrogens with zero attached hydrogens (tertiary/aromatic N) is 2. The highest BCUT2D eigenvalue weighted by atomic mass is 16.5. The first-order valence-electron chi connectivity index (χ1n) is 4.44. The molecule has 1 atom stereocenters. The van der Waals surface area contributed by atoms with Crippen molar-refractivity contribution in [3.63, 3.8) is 0 Å². The molecule has 70 valence electrons. The van der Waals surface area contributed by atoms with Crippen LogP contribution in [0, 0.1) is 5.92 Å². The van der Waals surface area contributed by atoms with Crippen molar-refractivity contribution in [1.82, 2.24) is 9.55 Å². The fourth-order valence-electron chi connectivity index (χ4n) is 1.53. The predicted octanol–water partition coefficient (Wildman–Crippen LogP) is 0.280. The maximum atomic E-state index is 11.3. The lowest BCUT2D eigenvalue weighted by Crippen LogP contribution is -2.23. The molecule has 0 radical (unpaired) electrons. The van der Waals surface area contributed by atoms with E-state index in [1.165, 1.54) is 6.20 Å². The van der Waals surface area contributed by atoms with Crippen molar-refractivity contribution in [2.45, 2.75) is 13.0 Å². The summed E-state index contributed by atoms with van der Waals surface area (Å²) in [5, 5.41) is 0. The maximum Gasteiger partial charge on any atom is 0.268 e. The van der Waals surface area contributed by atoms with Crippen molar-refractivity contribution < 1.29 is 4.74 Å². The van der Waals surface area contributed by atoms with E-state index in [2.05, 4.69) is 4.98 Å². The van der Waals surface area contributed by atoms with Crippen LogP contribution in [0.15, 0.2) is 23.4 Å². The summed E-state index contributed by atoms with van der Waals surface area (Å²) < 4.78 is 6.93. The average molecular weight is 180 g/mol. The zero-order valence-electron chi connectivity index (χ0n) is 7.35. The van der Waals surface area contributed by atoms with Crippen molar-refractivity contribution in [2.75, 3.05) is 13.2 Å². The Balaban J connectivity index is 2.08. The van der Waals surface area contributed by atoms with Crippen LogP contribution in [0.2, 0.25) is 0 Å². The largest absolute Gasteiger partial charge is 0.381 e. The first-order valence-corrected chi connectivity index (χ1v) is 4.44. The zero-order chi connectivity index (χ0) is 9.10. The van der Waals surface area contributed by atoms with Crippen LogP contribution in [-0.2, 0) is 11.3 Å². The van der Waals surface area contributed by atoms with Gasteiger partial charge in [0.1, 0.15) is 0 Å². The van der Waals surface area contributed by atoms with E-state index in [-0.39, 0.29) is 5.56 Å². The minimum atomic E-state index is -0.0330. The number of aromatic nitrogens is 2. The summed E-state index contributed by atoms with van der Waals surface area (Å²) in [6, 6.07) is 0. The molecule has 0 aliphatic carbocycles. The van der Waals surface area contributed by atoms with E-state index < -0.39 is 0 Å². The Hall–Kier alpha value is -1.16. The molecule has 13 heavy (non-hydrogen) atoms. The molecule has 1 saturated heterocycles. The minimum Gasteiger partial charge on any atom is -0.381 e. The minimum absolute atomic E-state index is 0.0330. The number of rotatable bonds is 2. The summed E-state index contributed by atoms with van der Waals surface area (Å²) in [5.41, 5.74) is -0.0330. The van der Waals surface area contributed by atoms with E-state index in [9.17, 15) is 4.79 Å². The highest BCUT2D eigenvalue weighted by Crippen LogP contribution is 2.13. The topological polar surface area (TPSA) is 44.1 Å². The summed E-state index contributed by atoms with van der Waals surface area (Å²) in [6.45, 7) is 2.35. The molecule has 2 heterocycles. The average Bonchev–Trinajstić information content (AvgIpc) is 2.61. The van der Waals surface area contributed by atoms with Crippen LogP contribution in [0.25, 0.3) is 0 Å². The normalized spacial score (nSPS) is 22.0. The maximum absolute atomic E-state index is 11.3. The predicted molar refractivity (Wildman–Crippen MR) is 47.4 cm³/mol. The van der Waals surface area contributed by atoms with Crippen LogP contribution in [0.4, 0.5) is 0 Å². The third-order valence-corrected chi connectivity index (χ3v) is 2.28. The van der Waals surface area contributed by atoms with Gasteiger partial charge in [0.2, 0.25) is 0 Å². The summed E-state index contributed by atoms with van der Waals surface area (Å²) in [4.78, 5) is 15.0. The van der Waals surface area contributed by atoms with E-state index in [4.69, 9.17) is 4.74 Å². The molecule has 0 N–H and O–H groups in total. The Kier molecular flexibility index (Phi) is 2.40. The van der Waals surface area contributed by atoms with E-state index >= 15 is 0 Å². The Morgan fingerprint density at radius 1 is 1.69 bits per heavy atom. The third-order valence-electron chi connectivity index (χ3n) is 2.28. The SMILES string of the molecule is O=c1cnccn1CC1CCOC1.